The van der Waals surface area contributed by atoms with Crippen LogP contribution in [0.4, 0.5) is 13.2 Å². The summed E-state index contributed by atoms with van der Waals surface area (Å²) in [5.74, 6) is 0. The second-order valence-electron chi connectivity index (χ2n) is 6.19. The molecule has 0 saturated carbocycles. The van der Waals surface area contributed by atoms with Crippen LogP contribution in [0.5, 0.6) is 0 Å². The number of hydrogen-bond donors (Lipinski definition) is 1. The first kappa shape index (κ1) is 18.2. The lowest BCUT2D eigenvalue weighted by atomic mass is 9.89. The van der Waals surface area contributed by atoms with Crippen LogP contribution < -0.4 is 0 Å². The number of rotatable bonds is 7. The third-order valence-electron chi connectivity index (χ3n) is 4.10. The van der Waals surface area contributed by atoms with Crippen molar-refractivity contribution in [3.8, 4) is 0 Å². The Labute approximate surface area is 135 Å². The topological polar surface area (TPSA) is 32.7 Å². The van der Waals surface area contributed by atoms with Gasteiger partial charge in [0.1, 0.15) is 0 Å². The molecule has 0 amide bonds. The van der Waals surface area contributed by atoms with Gasteiger partial charge in [-0.15, -0.1) is 0 Å². The summed E-state index contributed by atoms with van der Waals surface area (Å²) in [5, 5.41) is 9.98. The van der Waals surface area contributed by atoms with E-state index < -0.39 is 18.7 Å². The molecule has 1 N–H and O–H groups in total. The smallest absolute Gasteiger partial charge is 0.389 e. The van der Waals surface area contributed by atoms with Crippen molar-refractivity contribution in [1.29, 1.82) is 0 Å². The number of alkyl halides is 3. The number of benzene rings is 1. The van der Waals surface area contributed by atoms with Crippen LogP contribution in [0.2, 0.25) is 0 Å². The van der Waals surface area contributed by atoms with E-state index in [4.69, 9.17) is 4.74 Å². The van der Waals surface area contributed by atoms with Crippen LogP contribution in [0, 0.1) is 0 Å². The number of halogens is 3. The van der Waals surface area contributed by atoms with Crippen molar-refractivity contribution in [2.24, 2.45) is 0 Å². The highest BCUT2D eigenvalue weighted by molar-refractivity contribution is 5.31. The van der Waals surface area contributed by atoms with Crippen LogP contribution in [0.15, 0.2) is 24.3 Å². The summed E-state index contributed by atoms with van der Waals surface area (Å²) in [6.45, 7) is 0.187. The highest BCUT2D eigenvalue weighted by Crippen LogP contribution is 2.32. The maximum absolute atomic E-state index is 12.2. The van der Waals surface area contributed by atoms with Crippen molar-refractivity contribution in [2.75, 3.05) is 26.7 Å². The Morgan fingerprint density at radius 3 is 2.83 bits per heavy atom. The molecule has 1 aliphatic carbocycles. The van der Waals surface area contributed by atoms with Gasteiger partial charge in [0, 0.05) is 13.1 Å². The van der Waals surface area contributed by atoms with Crippen molar-refractivity contribution in [3.63, 3.8) is 0 Å². The SMILES string of the molecule is CN(CCC(F)(F)F)CC(O)COC1CCCc2ccccc21. The average molecular weight is 331 g/mol. The molecule has 0 bridgehead atoms. The van der Waals surface area contributed by atoms with Gasteiger partial charge in [-0.05, 0) is 37.4 Å². The van der Waals surface area contributed by atoms with E-state index in [0.717, 1.165) is 24.8 Å². The summed E-state index contributed by atoms with van der Waals surface area (Å²) < 4.78 is 42.3. The lowest BCUT2D eigenvalue weighted by Gasteiger charge is -2.27. The third-order valence-corrected chi connectivity index (χ3v) is 4.10. The molecule has 2 unspecified atom stereocenters. The molecule has 2 rings (SSSR count). The molecule has 1 aliphatic rings. The van der Waals surface area contributed by atoms with Gasteiger partial charge in [-0.3, -0.25) is 0 Å². The predicted molar refractivity (Wildman–Crippen MR) is 82.2 cm³/mol. The molecule has 0 heterocycles. The largest absolute Gasteiger partial charge is 0.390 e. The van der Waals surface area contributed by atoms with Gasteiger partial charge in [-0.2, -0.15) is 13.2 Å². The van der Waals surface area contributed by atoms with Crippen molar-refractivity contribution >= 4 is 0 Å². The molecule has 23 heavy (non-hydrogen) atoms. The van der Waals surface area contributed by atoms with Crippen molar-refractivity contribution in [3.05, 3.63) is 35.4 Å². The predicted octanol–water partition coefficient (Wildman–Crippen LogP) is 3.33. The highest BCUT2D eigenvalue weighted by Gasteiger charge is 2.27. The van der Waals surface area contributed by atoms with E-state index in [1.165, 1.54) is 10.5 Å². The van der Waals surface area contributed by atoms with E-state index in [2.05, 4.69) is 6.07 Å². The highest BCUT2D eigenvalue weighted by atomic mass is 19.4. The van der Waals surface area contributed by atoms with Crippen molar-refractivity contribution in [1.82, 2.24) is 4.90 Å². The second kappa shape index (κ2) is 8.13. The molecule has 6 heteroatoms. The van der Waals surface area contributed by atoms with Gasteiger partial charge in [0.25, 0.3) is 0 Å². The Hall–Kier alpha value is -1.11. The Bertz CT molecular complexity index is 493. The molecule has 0 radical (unpaired) electrons. The molecule has 1 aromatic rings. The minimum Gasteiger partial charge on any atom is -0.389 e. The summed E-state index contributed by atoms with van der Waals surface area (Å²) >= 11 is 0. The fourth-order valence-corrected chi connectivity index (χ4v) is 2.93. The number of ether oxygens (including phenoxy) is 1. The molecular weight excluding hydrogens is 307 g/mol. The molecular formula is C17H24F3NO2. The Morgan fingerprint density at radius 2 is 2.09 bits per heavy atom. The lowest BCUT2D eigenvalue weighted by Crippen LogP contribution is -2.34. The van der Waals surface area contributed by atoms with E-state index >= 15 is 0 Å². The van der Waals surface area contributed by atoms with E-state index in [1.807, 2.05) is 18.2 Å². The molecule has 0 fully saturated rings. The van der Waals surface area contributed by atoms with E-state index in [9.17, 15) is 18.3 Å². The first-order valence-electron chi connectivity index (χ1n) is 7.98. The summed E-state index contributed by atoms with van der Waals surface area (Å²) in [6, 6.07) is 8.11. The summed E-state index contributed by atoms with van der Waals surface area (Å²) in [7, 11) is 1.57. The molecule has 2 atom stereocenters. The van der Waals surface area contributed by atoms with Crippen LogP contribution in [0.1, 0.15) is 36.5 Å². The number of aliphatic hydroxyl groups is 1. The normalized spacial score (nSPS) is 19.7. The number of nitrogens with zero attached hydrogens (tertiary/aromatic N) is 1. The second-order valence-corrected chi connectivity index (χ2v) is 6.19. The van der Waals surface area contributed by atoms with Crippen LogP contribution in [0.3, 0.4) is 0 Å². The zero-order valence-corrected chi connectivity index (χ0v) is 13.4. The lowest BCUT2D eigenvalue weighted by molar-refractivity contribution is -0.138. The molecule has 130 valence electrons. The van der Waals surface area contributed by atoms with Gasteiger partial charge in [-0.1, -0.05) is 24.3 Å². The first-order chi connectivity index (χ1) is 10.8. The van der Waals surface area contributed by atoms with Crippen molar-refractivity contribution < 1.29 is 23.0 Å². The molecule has 3 nitrogen and oxygen atoms in total. The molecule has 1 aromatic carbocycles. The molecule has 0 aliphatic heterocycles. The molecule has 0 spiro atoms. The maximum atomic E-state index is 12.2. The van der Waals surface area contributed by atoms with E-state index in [0.29, 0.717) is 0 Å². The number of hydrogen-bond acceptors (Lipinski definition) is 3. The Balaban J connectivity index is 1.76. The zero-order chi connectivity index (χ0) is 16.9. The van der Waals surface area contributed by atoms with E-state index in [-0.39, 0.29) is 25.8 Å². The summed E-state index contributed by atoms with van der Waals surface area (Å²) in [4.78, 5) is 1.48. The van der Waals surface area contributed by atoms with Crippen molar-refractivity contribution in [2.45, 2.75) is 44.1 Å². The van der Waals surface area contributed by atoms with Crippen LogP contribution in [-0.2, 0) is 11.2 Å². The summed E-state index contributed by atoms with van der Waals surface area (Å²) in [5.41, 5.74) is 2.44. The summed E-state index contributed by atoms with van der Waals surface area (Å²) in [6.07, 6.45) is -2.86. The standard InChI is InChI=1S/C17H24F3NO2/c1-21(10-9-17(18,19)20)11-14(22)12-23-16-8-4-6-13-5-2-3-7-15(13)16/h2-3,5,7,14,16,22H,4,6,8-12H2,1H3. The fourth-order valence-electron chi connectivity index (χ4n) is 2.93. The van der Waals surface area contributed by atoms with Gasteiger partial charge in [0.2, 0.25) is 0 Å². The minimum absolute atomic E-state index is 0.0323. The Kier molecular flexibility index (Phi) is 6.44. The van der Waals surface area contributed by atoms with Crippen LogP contribution in [-0.4, -0.2) is 49.0 Å². The fraction of sp³-hybridized carbons (Fsp3) is 0.647. The van der Waals surface area contributed by atoms with Crippen LogP contribution in [0.25, 0.3) is 0 Å². The Morgan fingerprint density at radius 1 is 1.35 bits per heavy atom. The van der Waals surface area contributed by atoms with Gasteiger partial charge >= 0.3 is 6.18 Å². The van der Waals surface area contributed by atoms with Crippen LogP contribution >= 0.6 is 0 Å². The van der Waals surface area contributed by atoms with Gasteiger partial charge in [-0.25, -0.2) is 0 Å². The monoisotopic (exact) mass is 331 g/mol. The third kappa shape index (κ3) is 6.12. The number of aliphatic hydroxyl groups excluding tert-OH is 1. The number of aryl methyl sites for hydroxylation is 1. The average Bonchev–Trinajstić information content (AvgIpc) is 2.50. The van der Waals surface area contributed by atoms with Gasteiger partial charge < -0.3 is 14.7 Å². The quantitative estimate of drug-likeness (QED) is 0.832. The minimum atomic E-state index is -4.17. The van der Waals surface area contributed by atoms with E-state index in [1.54, 1.807) is 7.05 Å². The maximum Gasteiger partial charge on any atom is 0.390 e. The van der Waals surface area contributed by atoms with Gasteiger partial charge in [0.15, 0.2) is 0 Å². The molecule has 0 saturated heterocycles. The number of fused-ring (bicyclic) bond motifs is 1. The van der Waals surface area contributed by atoms with Gasteiger partial charge in [0.05, 0.1) is 25.2 Å². The molecule has 0 aromatic heterocycles. The number of likely N-dealkylation sites (N-methyl/N-ethyl adjacent to an activating group) is 1. The first-order valence-corrected chi connectivity index (χ1v) is 7.98. The zero-order valence-electron chi connectivity index (χ0n) is 13.4.